The Balaban J connectivity index is 2.33. The third kappa shape index (κ3) is 3.45. The van der Waals surface area contributed by atoms with Crippen molar-refractivity contribution in [2.24, 2.45) is 5.14 Å². The van der Waals surface area contributed by atoms with Gasteiger partial charge in [0.05, 0.1) is 4.90 Å². The third-order valence-corrected chi connectivity index (χ3v) is 4.63. The van der Waals surface area contributed by atoms with Crippen LogP contribution >= 0.6 is 0 Å². The summed E-state index contributed by atoms with van der Waals surface area (Å²) in [6.45, 7) is 4.53. The zero-order chi connectivity index (χ0) is 15.8. The maximum absolute atomic E-state index is 11.6. The first-order chi connectivity index (χ1) is 9.68. The maximum Gasteiger partial charge on any atom is 0.238 e. The molecular weight excluding hydrogens is 292 g/mol. The lowest BCUT2D eigenvalue weighted by Crippen LogP contribution is -2.35. The van der Waals surface area contributed by atoms with E-state index in [-0.39, 0.29) is 16.8 Å². The number of anilines is 2. The minimum absolute atomic E-state index is 0.0421. The first kappa shape index (κ1) is 15.6. The molecule has 1 fully saturated rings. The molecule has 0 spiro atoms. The molecule has 1 heterocycles. The van der Waals surface area contributed by atoms with Crippen LogP contribution in [0.25, 0.3) is 0 Å². The van der Waals surface area contributed by atoms with Crippen molar-refractivity contribution in [3.8, 4) is 0 Å². The largest absolute Gasteiger partial charge is 0.399 e. The van der Waals surface area contributed by atoms with Gasteiger partial charge in [0.15, 0.2) is 0 Å². The van der Waals surface area contributed by atoms with E-state index in [1.807, 2.05) is 4.90 Å². The van der Waals surface area contributed by atoms with Gasteiger partial charge in [-0.25, -0.2) is 13.6 Å². The van der Waals surface area contributed by atoms with E-state index in [1.165, 1.54) is 13.0 Å². The monoisotopic (exact) mass is 312 g/mol. The summed E-state index contributed by atoms with van der Waals surface area (Å²) in [7, 11) is -3.82. The molecule has 116 valence electrons. The second kappa shape index (κ2) is 5.53. The first-order valence-corrected chi connectivity index (χ1v) is 8.18. The van der Waals surface area contributed by atoms with Gasteiger partial charge in [-0.15, -0.1) is 0 Å². The third-order valence-electron chi connectivity index (χ3n) is 3.60. The molecule has 1 atom stereocenters. The number of primary sulfonamides is 1. The van der Waals surface area contributed by atoms with Crippen LogP contribution in [0.2, 0.25) is 0 Å². The van der Waals surface area contributed by atoms with Crippen LogP contribution in [-0.4, -0.2) is 33.5 Å². The molecule has 1 unspecified atom stereocenters. The summed E-state index contributed by atoms with van der Waals surface area (Å²) in [6.07, 6.45) is 0.804. The van der Waals surface area contributed by atoms with E-state index < -0.39 is 10.0 Å². The predicted octanol–water partition coefficient (Wildman–Crippen LogP) is -0.0606. The van der Waals surface area contributed by atoms with Gasteiger partial charge in [0.1, 0.15) is 0 Å². The van der Waals surface area contributed by atoms with Gasteiger partial charge in [-0.1, -0.05) is 0 Å². The minimum atomic E-state index is -3.82. The Kier molecular flexibility index (Phi) is 4.11. The maximum atomic E-state index is 11.6. The number of hydrogen-bond acceptors (Lipinski definition) is 5. The van der Waals surface area contributed by atoms with Crippen molar-refractivity contribution in [2.45, 2.75) is 31.2 Å². The van der Waals surface area contributed by atoms with Crippen LogP contribution in [0.5, 0.6) is 0 Å². The molecule has 2 rings (SSSR count). The Morgan fingerprint density at radius 3 is 2.67 bits per heavy atom. The molecule has 0 bridgehead atoms. The van der Waals surface area contributed by atoms with Crippen LogP contribution in [0.4, 0.5) is 11.4 Å². The molecule has 1 amide bonds. The van der Waals surface area contributed by atoms with Crippen LogP contribution in [0.15, 0.2) is 17.0 Å². The molecule has 7 nitrogen and oxygen atoms in total. The Morgan fingerprint density at radius 1 is 1.43 bits per heavy atom. The van der Waals surface area contributed by atoms with E-state index in [0.717, 1.165) is 18.7 Å². The highest BCUT2D eigenvalue weighted by atomic mass is 32.2. The average molecular weight is 312 g/mol. The van der Waals surface area contributed by atoms with Crippen molar-refractivity contribution in [1.82, 2.24) is 5.32 Å². The molecule has 21 heavy (non-hydrogen) atoms. The normalized spacial score (nSPS) is 18.8. The first-order valence-electron chi connectivity index (χ1n) is 6.63. The van der Waals surface area contributed by atoms with E-state index in [9.17, 15) is 13.2 Å². The summed E-state index contributed by atoms with van der Waals surface area (Å²) in [5.41, 5.74) is 7.46. The predicted molar refractivity (Wildman–Crippen MR) is 81.4 cm³/mol. The van der Waals surface area contributed by atoms with Crippen molar-refractivity contribution >= 4 is 27.3 Å². The van der Waals surface area contributed by atoms with Crippen molar-refractivity contribution in [2.75, 3.05) is 23.7 Å². The smallest absolute Gasteiger partial charge is 0.238 e. The standard InChI is InChI=1S/C13H20N4O3S/c1-8-12(5-10(14)6-13(8)21(15,19)20)17-4-3-11(7-17)16-9(2)18/h5-6,11H,3-4,7,14H2,1-2H3,(H,16,18)(H2,15,19,20). The molecule has 1 aliphatic rings. The molecule has 1 aromatic rings. The van der Waals surface area contributed by atoms with Gasteiger partial charge >= 0.3 is 0 Å². The molecule has 1 aromatic carbocycles. The number of hydrogen-bond donors (Lipinski definition) is 3. The molecule has 8 heteroatoms. The summed E-state index contributed by atoms with van der Waals surface area (Å²) in [6, 6.07) is 3.16. The topological polar surface area (TPSA) is 119 Å². The number of carbonyl (C=O) groups is 1. The number of sulfonamides is 1. The van der Waals surface area contributed by atoms with Crippen LogP contribution in [0.3, 0.4) is 0 Å². The van der Waals surface area contributed by atoms with Gasteiger partial charge in [0.25, 0.3) is 0 Å². The van der Waals surface area contributed by atoms with E-state index in [4.69, 9.17) is 10.9 Å². The fourth-order valence-electron chi connectivity index (χ4n) is 2.70. The number of rotatable bonds is 3. The molecule has 0 saturated carbocycles. The van der Waals surface area contributed by atoms with Crippen molar-refractivity contribution in [1.29, 1.82) is 0 Å². The van der Waals surface area contributed by atoms with E-state index in [0.29, 0.717) is 17.8 Å². The van der Waals surface area contributed by atoms with Crippen LogP contribution in [0, 0.1) is 6.92 Å². The number of amides is 1. The van der Waals surface area contributed by atoms with Crippen molar-refractivity contribution < 1.29 is 13.2 Å². The van der Waals surface area contributed by atoms with Crippen molar-refractivity contribution in [3.05, 3.63) is 17.7 Å². The summed E-state index contributed by atoms with van der Waals surface area (Å²) in [5.74, 6) is -0.0728. The highest BCUT2D eigenvalue weighted by molar-refractivity contribution is 7.89. The summed E-state index contributed by atoms with van der Waals surface area (Å²) < 4.78 is 23.3. The fourth-order valence-corrected chi connectivity index (χ4v) is 3.53. The minimum Gasteiger partial charge on any atom is -0.399 e. The second-order valence-electron chi connectivity index (χ2n) is 5.34. The highest BCUT2D eigenvalue weighted by Crippen LogP contribution is 2.31. The summed E-state index contributed by atoms with van der Waals surface area (Å²) in [4.78, 5) is 13.2. The van der Waals surface area contributed by atoms with Crippen LogP contribution < -0.4 is 21.1 Å². The molecule has 0 aromatic heterocycles. The lowest BCUT2D eigenvalue weighted by atomic mass is 10.1. The number of benzene rings is 1. The molecule has 0 radical (unpaired) electrons. The molecule has 0 aliphatic carbocycles. The van der Waals surface area contributed by atoms with Gasteiger partial charge in [-0.3, -0.25) is 4.79 Å². The van der Waals surface area contributed by atoms with Gasteiger partial charge in [0.2, 0.25) is 15.9 Å². The summed E-state index contributed by atoms with van der Waals surface area (Å²) in [5, 5.41) is 8.09. The quantitative estimate of drug-likeness (QED) is 0.676. The zero-order valence-corrected chi connectivity index (χ0v) is 12.9. The lowest BCUT2D eigenvalue weighted by Gasteiger charge is -2.23. The Labute approximate surface area is 124 Å². The molecule has 1 aliphatic heterocycles. The molecular formula is C13H20N4O3S. The van der Waals surface area contributed by atoms with Crippen LogP contribution in [-0.2, 0) is 14.8 Å². The number of nitrogens with two attached hydrogens (primary N) is 2. The fraction of sp³-hybridized carbons (Fsp3) is 0.462. The lowest BCUT2D eigenvalue weighted by molar-refractivity contribution is -0.119. The zero-order valence-electron chi connectivity index (χ0n) is 12.1. The number of nitrogen functional groups attached to an aromatic ring is 1. The Bertz CT molecular complexity index is 672. The number of nitrogens with one attached hydrogen (secondary N) is 1. The highest BCUT2D eigenvalue weighted by Gasteiger charge is 2.26. The average Bonchev–Trinajstić information content (AvgIpc) is 2.77. The number of nitrogens with zero attached hydrogens (tertiary/aromatic N) is 1. The van der Waals surface area contributed by atoms with Gasteiger partial charge in [-0.2, -0.15) is 0 Å². The number of carbonyl (C=O) groups excluding carboxylic acids is 1. The second-order valence-corrected chi connectivity index (χ2v) is 6.87. The SMILES string of the molecule is CC(=O)NC1CCN(c2cc(N)cc(S(N)(=O)=O)c2C)C1. The molecule has 5 N–H and O–H groups in total. The van der Waals surface area contributed by atoms with E-state index >= 15 is 0 Å². The Morgan fingerprint density at radius 2 is 2.10 bits per heavy atom. The summed E-state index contributed by atoms with van der Waals surface area (Å²) >= 11 is 0. The van der Waals surface area contributed by atoms with Crippen LogP contribution in [0.1, 0.15) is 18.9 Å². The van der Waals surface area contributed by atoms with Gasteiger partial charge in [0, 0.05) is 37.4 Å². The Hall–Kier alpha value is -1.80. The van der Waals surface area contributed by atoms with E-state index in [1.54, 1.807) is 13.0 Å². The van der Waals surface area contributed by atoms with E-state index in [2.05, 4.69) is 5.32 Å². The molecule has 1 saturated heterocycles. The van der Waals surface area contributed by atoms with Gasteiger partial charge < -0.3 is 16.0 Å². The van der Waals surface area contributed by atoms with Crippen molar-refractivity contribution in [3.63, 3.8) is 0 Å². The van der Waals surface area contributed by atoms with Gasteiger partial charge in [-0.05, 0) is 31.0 Å².